The monoisotopic (exact) mass is 293 g/mol. The van der Waals surface area contributed by atoms with Crippen LogP contribution in [0.3, 0.4) is 0 Å². The standard InChI is InChI=1S/C17H31N3O/c1-18-16(19-13-15-5-11-21-12-6-15)20-10-9-17(14-20)7-3-2-4-8-17/h15H,2-14H2,1H3,(H,18,19). The lowest BCUT2D eigenvalue weighted by Gasteiger charge is -2.34. The Balaban J connectivity index is 1.50. The first-order chi connectivity index (χ1) is 10.3. The average molecular weight is 293 g/mol. The van der Waals surface area contributed by atoms with Gasteiger partial charge in [-0.05, 0) is 43.4 Å². The molecule has 4 nitrogen and oxygen atoms in total. The fraction of sp³-hybridized carbons (Fsp3) is 0.941. The van der Waals surface area contributed by atoms with Crippen LogP contribution in [0.15, 0.2) is 4.99 Å². The first-order valence-electron chi connectivity index (χ1n) is 8.85. The van der Waals surface area contributed by atoms with E-state index in [2.05, 4.69) is 15.2 Å². The van der Waals surface area contributed by atoms with E-state index in [4.69, 9.17) is 4.74 Å². The molecule has 120 valence electrons. The largest absolute Gasteiger partial charge is 0.381 e. The van der Waals surface area contributed by atoms with E-state index >= 15 is 0 Å². The van der Waals surface area contributed by atoms with Gasteiger partial charge >= 0.3 is 0 Å². The van der Waals surface area contributed by atoms with Gasteiger partial charge < -0.3 is 15.0 Å². The predicted molar refractivity (Wildman–Crippen MR) is 86.6 cm³/mol. The third-order valence-electron chi connectivity index (χ3n) is 5.75. The van der Waals surface area contributed by atoms with Gasteiger partial charge in [-0.25, -0.2) is 0 Å². The summed E-state index contributed by atoms with van der Waals surface area (Å²) >= 11 is 0. The van der Waals surface area contributed by atoms with E-state index in [1.807, 2.05) is 7.05 Å². The molecule has 21 heavy (non-hydrogen) atoms. The zero-order valence-electron chi connectivity index (χ0n) is 13.6. The van der Waals surface area contributed by atoms with E-state index in [0.29, 0.717) is 5.41 Å². The quantitative estimate of drug-likeness (QED) is 0.628. The minimum absolute atomic E-state index is 0.606. The maximum atomic E-state index is 5.44. The van der Waals surface area contributed by atoms with E-state index in [1.165, 1.54) is 64.5 Å². The Morgan fingerprint density at radius 1 is 1.19 bits per heavy atom. The van der Waals surface area contributed by atoms with Gasteiger partial charge in [-0.2, -0.15) is 0 Å². The fourth-order valence-electron chi connectivity index (χ4n) is 4.34. The second kappa shape index (κ2) is 6.99. The molecule has 4 heteroatoms. The number of ether oxygens (including phenoxy) is 1. The molecule has 0 aromatic carbocycles. The summed E-state index contributed by atoms with van der Waals surface area (Å²) in [7, 11) is 1.93. The molecule has 2 aliphatic heterocycles. The normalized spacial score (nSPS) is 27.3. The highest BCUT2D eigenvalue weighted by Crippen LogP contribution is 2.43. The van der Waals surface area contributed by atoms with Crippen LogP contribution in [0, 0.1) is 11.3 Å². The van der Waals surface area contributed by atoms with E-state index in [9.17, 15) is 0 Å². The van der Waals surface area contributed by atoms with E-state index < -0.39 is 0 Å². The van der Waals surface area contributed by atoms with Gasteiger partial charge in [0, 0.05) is 39.9 Å². The molecule has 0 aromatic heterocycles. The number of guanidine groups is 1. The summed E-state index contributed by atoms with van der Waals surface area (Å²) in [5, 5.41) is 3.62. The van der Waals surface area contributed by atoms with Crippen LogP contribution in [-0.4, -0.2) is 50.8 Å². The molecule has 0 atom stereocenters. The maximum Gasteiger partial charge on any atom is 0.193 e. The van der Waals surface area contributed by atoms with Crippen molar-refractivity contribution in [3.63, 3.8) is 0 Å². The third kappa shape index (κ3) is 3.71. The molecule has 1 saturated carbocycles. The Morgan fingerprint density at radius 2 is 1.95 bits per heavy atom. The van der Waals surface area contributed by atoms with E-state index in [1.54, 1.807) is 0 Å². The lowest BCUT2D eigenvalue weighted by atomic mass is 9.73. The summed E-state index contributed by atoms with van der Waals surface area (Å²) in [6.07, 6.45) is 10.9. The molecular weight excluding hydrogens is 262 g/mol. The van der Waals surface area contributed by atoms with Crippen LogP contribution in [0.25, 0.3) is 0 Å². The molecule has 1 N–H and O–H groups in total. The van der Waals surface area contributed by atoms with Crippen molar-refractivity contribution in [1.82, 2.24) is 10.2 Å². The van der Waals surface area contributed by atoms with Crippen LogP contribution in [-0.2, 0) is 4.74 Å². The molecule has 0 unspecified atom stereocenters. The highest BCUT2D eigenvalue weighted by molar-refractivity contribution is 5.80. The smallest absolute Gasteiger partial charge is 0.193 e. The Bertz CT molecular complexity index is 357. The SMILES string of the molecule is CN=C(NCC1CCOCC1)N1CCC2(CCCCC2)C1. The van der Waals surface area contributed by atoms with Crippen LogP contribution in [0.5, 0.6) is 0 Å². The van der Waals surface area contributed by atoms with Crippen molar-refractivity contribution >= 4 is 5.96 Å². The van der Waals surface area contributed by atoms with Crippen molar-refractivity contribution in [3.05, 3.63) is 0 Å². The molecule has 1 aliphatic carbocycles. The van der Waals surface area contributed by atoms with Crippen LogP contribution >= 0.6 is 0 Å². The Morgan fingerprint density at radius 3 is 2.67 bits per heavy atom. The molecule has 3 aliphatic rings. The lowest BCUT2D eigenvalue weighted by molar-refractivity contribution is 0.0673. The number of nitrogens with one attached hydrogen (secondary N) is 1. The van der Waals surface area contributed by atoms with E-state index in [0.717, 1.165) is 31.6 Å². The number of rotatable bonds is 2. The highest BCUT2D eigenvalue weighted by Gasteiger charge is 2.39. The minimum atomic E-state index is 0.606. The van der Waals surface area contributed by atoms with Gasteiger partial charge in [0.1, 0.15) is 0 Å². The van der Waals surface area contributed by atoms with Crippen molar-refractivity contribution in [2.45, 2.75) is 51.4 Å². The van der Waals surface area contributed by atoms with Crippen molar-refractivity contribution < 1.29 is 4.74 Å². The molecule has 0 amide bonds. The van der Waals surface area contributed by atoms with Crippen molar-refractivity contribution in [2.24, 2.45) is 16.3 Å². The van der Waals surface area contributed by atoms with Crippen LogP contribution in [0.2, 0.25) is 0 Å². The van der Waals surface area contributed by atoms with Gasteiger partial charge in [0.25, 0.3) is 0 Å². The summed E-state index contributed by atoms with van der Waals surface area (Å²) in [6, 6.07) is 0. The Hall–Kier alpha value is -0.770. The number of nitrogens with zero attached hydrogens (tertiary/aromatic N) is 2. The Labute approximate surface area is 129 Å². The average Bonchev–Trinajstić information content (AvgIpc) is 2.93. The molecule has 1 spiro atoms. The van der Waals surface area contributed by atoms with Crippen LogP contribution in [0.4, 0.5) is 0 Å². The molecule has 3 fully saturated rings. The topological polar surface area (TPSA) is 36.9 Å². The number of hydrogen-bond acceptors (Lipinski definition) is 2. The number of likely N-dealkylation sites (tertiary alicyclic amines) is 1. The van der Waals surface area contributed by atoms with Gasteiger partial charge in [0.15, 0.2) is 5.96 Å². The zero-order valence-corrected chi connectivity index (χ0v) is 13.6. The molecule has 2 saturated heterocycles. The summed E-state index contributed by atoms with van der Waals surface area (Å²) in [4.78, 5) is 7.04. The van der Waals surface area contributed by atoms with E-state index in [-0.39, 0.29) is 0 Å². The van der Waals surface area contributed by atoms with Crippen molar-refractivity contribution in [2.75, 3.05) is 39.9 Å². The van der Waals surface area contributed by atoms with Crippen molar-refractivity contribution in [3.8, 4) is 0 Å². The molecular formula is C17H31N3O. The fourth-order valence-corrected chi connectivity index (χ4v) is 4.34. The summed E-state index contributed by atoms with van der Waals surface area (Å²) in [5.74, 6) is 1.88. The summed E-state index contributed by atoms with van der Waals surface area (Å²) < 4.78 is 5.44. The maximum absolute atomic E-state index is 5.44. The molecule has 0 bridgehead atoms. The predicted octanol–water partition coefficient (Wildman–Crippen LogP) is 2.64. The van der Waals surface area contributed by atoms with Gasteiger partial charge in [-0.1, -0.05) is 19.3 Å². The first-order valence-corrected chi connectivity index (χ1v) is 8.85. The van der Waals surface area contributed by atoms with Crippen LogP contribution in [0.1, 0.15) is 51.4 Å². The molecule has 0 aromatic rings. The highest BCUT2D eigenvalue weighted by atomic mass is 16.5. The molecule has 0 radical (unpaired) electrons. The minimum Gasteiger partial charge on any atom is -0.381 e. The molecule has 3 rings (SSSR count). The summed E-state index contributed by atoms with van der Waals surface area (Å²) in [6.45, 7) is 5.32. The van der Waals surface area contributed by atoms with Gasteiger partial charge in [0.2, 0.25) is 0 Å². The second-order valence-electron chi connectivity index (χ2n) is 7.22. The zero-order chi connectivity index (χ0) is 14.5. The van der Waals surface area contributed by atoms with Gasteiger partial charge in [-0.3, -0.25) is 4.99 Å². The van der Waals surface area contributed by atoms with Crippen LogP contribution < -0.4 is 5.32 Å². The van der Waals surface area contributed by atoms with Gasteiger partial charge in [0.05, 0.1) is 0 Å². The molecule has 2 heterocycles. The summed E-state index contributed by atoms with van der Waals surface area (Å²) in [5.41, 5.74) is 0.606. The van der Waals surface area contributed by atoms with Gasteiger partial charge in [-0.15, -0.1) is 0 Å². The third-order valence-corrected chi connectivity index (χ3v) is 5.75. The second-order valence-corrected chi connectivity index (χ2v) is 7.22. The number of hydrogen-bond donors (Lipinski definition) is 1. The first kappa shape index (κ1) is 15.1. The Kier molecular flexibility index (Phi) is 5.04. The number of aliphatic imine (C=N–C) groups is 1. The van der Waals surface area contributed by atoms with Crippen molar-refractivity contribution in [1.29, 1.82) is 0 Å². The lowest BCUT2D eigenvalue weighted by Crippen LogP contribution is -2.43.